The van der Waals surface area contributed by atoms with Gasteiger partial charge in [0.05, 0.1) is 18.1 Å². The molecule has 1 aliphatic heterocycles. The summed E-state index contributed by atoms with van der Waals surface area (Å²) in [5.74, 6) is 2.31. The summed E-state index contributed by atoms with van der Waals surface area (Å²) in [4.78, 5) is 5.98. The smallest absolute Gasteiger partial charge is 0.191 e. The summed E-state index contributed by atoms with van der Waals surface area (Å²) < 4.78 is 23.3. The van der Waals surface area contributed by atoms with Crippen molar-refractivity contribution in [1.82, 2.24) is 10.6 Å². The summed E-state index contributed by atoms with van der Waals surface area (Å²) in [6.07, 6.45) is 5.78. The van der Waals surface area contributed by atoms with Gasteiger partial charge in [0.2, 0.25) is 0 Å². The Morgan fingerprint density at radius 2 is 2.16 bits per heavy atom. The van der Waals surface area contributed by atoms with Crippen LogP contribution in [0.25, 0.3) is 0 Å². The Labute approximate surface area is 155 Å². The summed E-state index contributed by atoms with van der Waals surface area (Å²) in [6.45, 7) is 3.64. The molecule has 5 nitrogen and oxygen atoms in total. The van der Waals surface area contributed by atoms with Crippen molar-refractivity contribution in [2.45, 2.75) is 51.6 Å². The zero-order valence-electron chi connectivity index (χ0n) is 14.9. The first kappa shape index (κ1) is 18.7. The lowest BCUT2D eigenvalue weighted by Crippen LogP contribution is -2.48. The summed E-state index contributed by atoms with van der Waals surface area (Å²) in [5.41, 5.74) is 0. The van der Waals surface area contributed by atoms with Crippen LogP contribution in [0.5, 0.6) is 0 Å². The second-order valence-electron chi connectivity index (χ2n) is 7.41. The Morgan fingerprint density at radius 1 is 1.32 bits per heavy atom. The van der Waals surface area contributed by atoms with Gasteiger partial charge in [-0.1, -0.05) is 25.8 Å². The highest BCUT2D eigenvalue weighted by atomic mass is 32.2. The summed E-state index contributed by atoms with van der Waals surface area (Å²) in [7, 11) is -2.83. The number of hydrogen-bond donors (Lipinski definition) is 2. The fourth-order valence-corrected chi connectivity index (χ4v) is 6.18. The van der Waals surface area contributed by atoms with Crippen LogP contribution in [-0.2, 0) is 16.4 Å². The van der Waals surface area contributed by atoms with Gasteiger partial charge in [0.1, 0.15) is 0 Å². The van der Waals surface area contributed by atoms with Crippen LogP contribution >= 0.6 is 11.3 Å². The van der Waals surface area contributed by atoms with Crippen molar-refractivity contribution in [3.8, 4) is 0 Å². The van der Waals surface area contributed by atoms with E-state index in [0.29, 0.717) is 36.6 Å². The number of rotatable bonds is 5. The first-order chi connectivity index (χ1) is 12.0. The van der Waals surface area contributed by atoms with Gasteiger partial charge in [-0.2, -0.15) is 0 Å². The molecule has 0 aromatic carbocycles. The highest BCUT2D eigenvalue weighted by Gasteiger charge is 2.28. The van der Waals surface area contributed by atoms with E-state index >= 15 is 0 Å². The van der Waals surface area contributed by atoms with E-state index in [1.54, 1.807) is 11.3 Å². The molecule has 0 spiro atoms. The van der Waals surface area contributed by atoms with E-state index in [1.807, 2.05) is 6.07 Å². The third-order valence-electron chi connectivity index (χ3n) is 5.29. The predicted octanol–water partition coefficient (Wildman–Crippen LogP) is 2.80. The van der Waals surface area contributed by atoms with Gasteiger partial charge in [0.15, 0.2) is 15.8 Å². The number of nitrogens with zero attached hydrogens (tertiary/aromatic N) is 1. The van der Waals surface area contributed by atoms with Gasteiger partial charge < -0.3 is 10.6 Å². The normalized spacial score (nSPS) is 29.5. The number of aliphatic imine (C=N–C) groups is 1. The number of thiophene rings is 1. The van der Waals surface area contributed by atoms with E-state index in [4.69, 9.17) is 4.99 Å². The average Bonchev–Trinajstić information content (AvgIpc) is 3.21. The molecule has 2 aliphatic rings. The van der Waals surface area contributed by atoms with E-state index < -0.39 is 9.84 Å². The zero-order valence-corrected chi connectivity index (χ0v) is 16.5. The highest BCUT2D eigenvalue weighted by molar-refractivity contribution is 7.91. The molecule has 140 valence electrons. The molecule has 1 aliphatic carbocycles. The van der Waals surface area contributed by atoms with E-state index in [0.717, 1.165) is 12.4 Å². The Kier molecular flexibility index (Phi) is 6.39. The largest absolute Gasteiger partial charge is 0.356 e. The maximum atomic E-state index is 11.7. The van der Waals surface area contributed by atoms with Crippen LogP contribution in [0.15, 0.2) is 22.5 Å². The zero-order chi connectivity index (χ0) is 17.7. The lowest BCUT2D eigenvalue weighted by molar-refractivity contribution is 0.306. The average molecular weight is 384 g/mol. The number of sulfone groups is 1. The quantitative estimate of drug-likeness (QED) is 0.606. The second kappa shape index (κ2) is 8.54. The van der Waals surface area contributed by atoms with Crippen LogP contribution in [0, 0.1) is 11.8 Å². The Hall–Kier alpha value is -1.08. The number of hydrogen-bond acceptors (Lipinski definition) is 4. The highest BCUT2D eigenvalue weighted by Crippen LogP contribution is 2.24. The molecule has 1 saturated carbocycles. The van der Waals surface area contributed by atoms with Crippen LogP contribution in [0.4, 0.5) is 0 Å². The van der Waals surface area contributed by atoms with Crippen molar-refractivity contribution in [1.29, 1.82) is 0 Å². The molecule has 0 bridgehead atoms. The van der Waals surface area contributed by atoms with Crippen LogP contribution < -0.4 is 10.6 Å². The van der Waals surface area contributed by atoms with Gasteiger partial charge in [-0.15, -0.1) is 11.3 Å². The van der Waals surface area contributed by atoms with Gasteiger partial charge in [0, 0.05) is 17.5 Å². The molecule has 7 heteroatoms. The van der Waals surface area contributed by atoms with Crippen molar-refractivity contribution in [3.63, 3.8) is 0 Å². The fourth-order valence-electron chi connectivity index (χ4n) is 3.69. The van der Waals surface area contributed by atoms with E-state index in [2.05, 4.69) is 29.0 Å². The summed E-state index contributed by atoms with van der Waals surface area (Å²) in [6, 6.07) is 4.59. The maximum absolute atomic E-state index is 11.7. The van der Waals surface area contributed by atoms with Gasteiger partial charge in [0.25, 0.3) is 0 Å². The minimum Gasteiger partial charge on any atom is -0.356 e. The molecule has 3 rings (SSSR count). The van der Waals surface area contributed by atoms with Crippen LogP contribution in [0.2, 0.25) is 0 Å². The molecule has 1 aromatic rings. The topological polar surface area (TPSA) is 70.6 Å². The van der Waals surface area contributed by atoms with Crippen LogP contribution in [0.3, 0.4) is 0 Å². The Bertz CT molecular complexity index is 671. The molecule has 0 amide bonds. The van der Waals surface area contributed by atoms with Crippen molar-refractivity contribution >= 4 is 27.1 Å². The standard InChI is InChI=1S/C18H29N3O2S2/c1-14-5-2-3-7-17(14)21-18(20-12-16-6-4-9-24-16)19-11-15-8-10-25(22,23)13-15/h4,6,9,14-15,17H,2-3,5,7-8,10-13H2,1H3,(H2,19,20,21). The summed E-state index contributed by atoms with van der Waals surface area (Å²) >= 11 is 1.71. The van der Waals surface area contributed by atoms with E-state index in [-0.39, 0.29) is 5.92 Å². The summed E-state index contributed by atoms with van der Waals surface area (Å²) in [5, 5.41) is 9.08. The number of guanidine groups is 1. The van der Waals surface area contributed by atoms with Gasteiger partial charge >= 0.3 is 0 Å². The Balaban J connectivity index is 1.60. The molecular formula is C18H29N3O2S2. The monoisotopic (exact) mass is 383 g/mol. The third-order valence-corrected chi connectivity index (χ3v) is 7.99. The van der Waals surface area contributed by atoms with E-state index in [9.17, 15) is 8.42 Å². The molecule has 2 N–H and O–H groups in total. The fraction of sp³-hybridized carbons (Fsp3) is 0.722. The molecule has 2 heterocycles. The first-order valence-corrected chi connectivity index (χ1v) is 12.0. The molecule has 3 unspecified atom stereocenters. The minimum atomic E-state index is -2.83. The maximum Gasteiger partial charge on any atom is 0.191 e. The van der Waals surface area contributed by atoms with Crippen molar-refractivity contribution in [3.05, 3.63) is 22.4 Å². The molecule has 2 fully saturated rings. The molecule has 25 heavy (non-hydrogen) atoms. The third kappa shape index (κ3) is 5.71. The minimum absolute atomic E-state index is 0.197. The first-order valence-electron chi connectivity index (χ1n) is 9.29. The van der Waals surface area contributed by atoms with Gasteiger partial charge in [-0.25, -0.2) is 13.4 Å². The predicted molar refractivity (Wildman–Crippen MR) is 105 cm³/mol. The molecule has 1 saturated heterocycles. The van der Waals surface area contributed by atoms with Gasteiger partial charge in [-0.05, 0) is 42.5 Å². The van der Waals surface area contributed by atoms with Crippen molar-refractivity contribution in [2.24, 2.45) is 16.8 Å². The lowest BCUT2D eigenvalue weighted by atomic mass is 9.86. The SMILES string of the molecule is CC1CCCCC1NC(=NCc1cccs1)NCC1CCS(=O)(=O)C1. The Morgan fingerprint density at radius 3 is 2.84 bits per heavy atom. The second-order valence-corrected chi connectivity index (χ2v) is 10.7. The molecule has 3 atom stereocenters. The molecule has 1 aromatic heterocycles. The molecular weight excluding hydrogens is 354 g/mol. The number of nitrogens with one attached hydrogen (secondary N) is 2. The van der Waals surface area contributed by atoms with Crippen molar-refractivity contribution in [2.75, 3.05) is 18.1 Å². The van der Waals surface area contributed by atoms with Gasteiger partial charge in [-0.3, -0.25) is 0 Å². The van der Waals surface area contributed by atoms with Crippen LogP contribution in [0.1, 0.15) is 43.9 Å². The van der Waals surface area contributed by atoms with Crippen molar-refractivity contribution < 1.29 is 8.42 Å². The lowest BCUT2D eigenvalue weighted by Gasteiger charge is -2.31. The van der Waals surface area contributed by atoms with Crippen LogP contribution in [-0.4, -0.2) is 38.5 Å². The molecule has 0 radical (unpaired) electrons. The van der Waals surface area contributed by atoms with E-state index in [1.165, 1.54) is 30.6 Å².